The highest BCUT2D eigenvalue weighted by Crippen LogP contribution is 2.17. The number of nitrogens with one attached hydrogen (secondary N) is 2. The van der Waals surface area contributed by atoms with Crippen LogP contribution in [0.25, 0.3) is 0 Å². The molecule has 1 atom stereocenters. The fraction of sp³-hybridized carbons (Fsp3) is 0.636. The molecule has 1 saturated heterocycles. The van der Waals surface area contributed by atoms with Crippen LogP contribution in [0, 0.1) is 0 Å². The lowest BCUT2D eigenvalue weighted by Crippen LogP contribution is -2.49. The largest absolute Gasteiger partial charge is 0.350 e. The van der Waals surface area contributed by atoms with Gasteiger partial charge in [-0.05, 0) is 19.8 Å². The van der Waals surface area contributed by atoms with Gasteiger partial charge >= 0.3 is 0 Å². The lowest BCUT2D eigenvalue weighted by atomic mass is 10.2. The topological polar surface area (TPSA) is 95.6 Å². The number of amides is 3. The molecular formula is C11H17N3O4. The van der Waals surface area contributed by atoms with Crippen LogP contribution in [0.2, 0.25) is 0 Å². The molecule has 0 spiro atoms. The van der Waals surface area contributed by atoms with Gasteiger partial charge in [0.15, 0.2) is 0 Å². The molecule has 7 heteroatoms. The molecule has 18 heavy (non-hydrogen) atoms. The molecule has 0 aliphatic carbocycles. The Morgan fingerprint density at radius 1 is 1.33 bits per heavy atom. The highest BCUT2D eigenvalue weighted by molar-refractivity contribution is 5.91. The molecule has 2 N–H and O–H groups in total. The van der Waals surface area contributed by atoms with Crippen LogP contribution >= 0.6 is 0 Å². The van der Waals surface area contributed by atoms with E-state index in [0.29, 0.717) is 19.4 Å². The fourth-order valence-corrected chi connectivity index (χ4v) is 1.90. The van der Waals surface area contributed by atoms with Crippen molar-refractivity contribution in [3.8, 4) is 0 Å². The molecule has 7 nitrogen and oxygen atoms in total. The number of Topliss-reactive ketones (excluding diaryl/α,β-unsaturated/α-hetero) is 1. The van der Waals surface area contributed by atoms with Crippen molar-refractivity contribution >= 4 is 24.0 Å². The Morgan fingerprint density at radius 2 is 2.06 bits per heavy atom. The summed E-state index contributed by atoms with van der Waals surface area (Å²) in [7, 11) is 0. The predicted molar refractivity (Wildman–Crippen MR) is 62.5 cm³/mol. The fourth-order valence-electron chi connectivity index (χ4n) is 1.90. The molecule has 100 valence electrons. The molecule has 0 saturated carbocycles. The molecule has 0 aromatic heterocycles. The van der Waals surface area contributed by atoms with Crippen LogP contribution in [0.15, 0.2) is 0 Å². The van der Waals surface area contributed by atoms with Gasteiger partial charge in [-0.15, -0.1) is 0 Å². The first-order valence-electron chi connectivity index (χ1n) is 5.80. The Balaban J connectivity index is 2.52. The van der Waals surface area contributed by atoms with E-state index in [0.717, 1.165) is 6.42 Å². The average Bonchev–Trinajstić information content (AvgIpc) is 2.82. The molecule has 0 aromatic carbocycles. The van der Waals surface area contributed by atoms with Crippen LogP contribution < -0.4 is 10.6 Å². The number of carbonyl (C=O) groups is 4. The van der Waals surface area contributed by atoms with Crippen LogP contribution in [0.5, 0.6) is 0 Å². The van der Waals surface area contributed by atoms with Crippen molar-refractivity contribution in [3.05, 3.63) is 0 Å². The summed E-state index contributed by atoms with van der Waals surface area (Å²) in [5.41, 5.74) is 0. The summed E-state index contributed by atoms with van der Waals surface area (Å²) in [6, 6.07) is -0.537. The van der Waals surface area contributed by atoms with Gasteiger partial charge in [0.25, 0.3) is 0 Å². The molecule has 0 bridgehead atoms. The monoisotopic (exact) mass is 255 g/mol. The maximum absolute atomic E-state index is 11.8. The minimum atomic E-state index is -0.537. The van der Waals surface area contributed by atoms with Crippen molar-refractivity contribution < 1.29 is 19.2 Å². The molecule has 1 aliphatic rings. The number of ketones is 1. The quantitative estimate of drug-likeness (QED) is 0.560. The standard InChI is InChI=1S/C11H17N3O4/c1-8(16)5-13-11(18)9-3-2-4-14(9)10(17)6-12-7-15/h7,9H,2-6H2,1H3,(H,12,15)(H,13,18). The first kappa shape index (κ1) is 14.1. The van der Waals surface area contributed by atoms with Gasteiger partial charge in [0.2, 0.25) is 18.2 Å². The van der Waals surface area contributed by atoms with Crippen molar-refractivity contribution in [3.63, 3.8) is 0 Å². The minimum absolute atomic E-state index is 0.0239. The highest BCUT2D eigenvalue weighted by Gasteiger charge is 2.33. The van der Waals surface area contributed by atoms with E-state index < -0.39 is 6.04 Å². The summed E-state index contributed by atoms with van der Waals surface area (Å²) in [6.45, 7) is 1.74. The molecular weight excluding hydrogens is 238 g/mol. The Morgan fingerprint density at radius 3 is 2.67 bits per heavy atom. The van der Waals surface area contributed by atoms with Gasteiger partial charge in [0, 0.05) is 6.54 Å². The third kappa shape index (κ3) is 3.83. The Bertz CT molecular complexity index is 356. The number of hydrogen-bond acceptors (Lipinski definition) is 4. The Kier molecular flexibility index (Phi) is 5.29. The van der Waals surface area contributed by atoms with E-state index in [-0.39, 0.29) is 30.7 Å². The molecule has 0 radical (unpaired) electrons. The zero-order chi connectivity index (χ0) is 13.5. The summed E-state index contributed by atoms with van der Waals surface area (Å²) < 4.78 is 0. The first-order valence-corrected chi connectivity index (χ1v) is 5.80. The SMILES string of the molecule is CC(=O)CNC(=O)C1CCCN1C(=O)CNC=O. The normalized spacial score (nSPS) is 18.3. The number of nitrogens with zero attached hydrogens (tertiary/aromatic N) is 1. The van der Waals surface area contributed by atoms with E-state index in [2.05, 4.69) is 10.6 Å². The second kappa shape index (κ2) is 6.73. The summed E-state index contributed by atoms with van der Waals surface area (Å²) in [5, 5.41) is 4.77. The lowest BCUT2D eigenvalue weighted by molar-refractivity contribution is -0.138. The van der Waals surface area contributed by atoms with Crippen LogP contribution in [0.4, 0.5) is 0 Å². The number of hydrogen-bond donors (Lipinski definition) is 2. The molecule has 1 heterocycles. The number of likely N-dealkylation sites (tertiary alicyclic amines) is 1. The highest BCUT2D eigenvalue weighted by atomic mass is 16.2. The van der Waals surface area contributed by atoms with E-state index >= 15 is 0 Å². The second-order valence-electron chi connectivity index (χ2n) is 4.16. The minimum Gasteiger partial charge on any atom is -0.350 e. The van der Waals surface area contributed by atoms with Crippen molar-refractivity contribution in [1.29, 1.82) is 0 Å². The van der Waals surface area contributed by atoms with Gasteiger partial charge in [0.05, 0.1) is 13.1 Å². The molecule has 1 unspecified atom stereocenters. The number of carbonyl (C=O) groups excluding carboxylic acids is 4. The zero-order valence-corrected chi connectivity index (χ0v) is 10.3. The third-order valence-electron chi connectivity index (χ3n) is 2.72. The van der Waals surface area contributed by atoms with Gasteiger partial charge < -0.3 is 15.5 Å². The van der Waals surface area contributed by atoms with Gasteiger partial charge in [-0.3, -0.25) is 19.2 Å². The predicted octanol–water partition coefficient (Wildman–Crippen LogP) is -1.57. The molecule has 1 rings (SSSR count). The second-order valence-corrected chi connectivity index (χ2v) is 4.16. The summed E-state index contributed by atoms with van der Waals surface area (Å²) >= 11 is 0. The smallest absolute Gasteiger partial charge is 0.243 e. The number of rotatable bonds is 6. The van der Waals surface area contributed by atoms with Crippen LogP contribution in [-0.2, 0) is 19.2 Å². The van der Waals surface area contributed by atoms with Crippen molar-refractivity contribution in [2.24, 2.45) is 0 Å². The van der Waals surface area contributed by atoms with Crippen LogP contribution in [0.1, 0.15) is 19.8 Å². The van der Waals surface area contributed by atoms with Crippen LogP contribution in [0.3, 0.4) is 0 Å². The van der Waals surface area contributed by atoms with Gasteiger partial charge in [0.1, 0.15) is 11.8 Å². The van der Waals surface area contributed by atoms with E-state index in [1.54, 1.807) is 0 Å². The maximum Gasteiger partial charge on any atom is 0.243 e. The van der Waals surface area contributed by atoms with Gasteiger partial charge in [-0.1, -0.05) is 0 Å². The van der Waals surface area contributed by atoms with E-state index in [4.69, 9.17) is 0 Å². The van der Waals surface area contributed by atoms with E-state index in [1.165, 1.54) is 11.8 Å². The molecule has 1 aliphatic heterocycles. The third-order valence-corrected chi connectivity index (χ3v) is 2.72. The lowest BCUT2D eigenvalue weighted by Gasteiger charge is -2.23. The van der Waals surface area contributed by atoms with Gasteiger partial charge in [-0.2, -0.15) is 0 Å². The average molecular weight is 255 g/mol. The summed E-state index contributed by atoms with van der Waals surface area (Å²) in [4.78, 5) is 45.8. The first-order chi connectivity index (χ1) is 8.56. The van der Waals surface area contributed by atoms with E-state index in [9.17, 15) is 19.2 Å². The van der Waals surface area contributed by atoms with Gasteiger partial charge in [-0.25, -0.2) is 0 Å². The molecule has 3 amide bonds. The summed E-state index contributed by atoms with van der Waals surface area (Å²) in [6.07, 6.45) is 1.76. The summed E-state index contributed by atoms with van der Waals surface area (Å²) in [5.74, 6) is -0.744. The van der Waals surface area contributed by atoms with E-state index in [1.807, 2.05) is 0 Å². The Hall–Kier alpha value is -1.92. The van der Waals surface area contributed by atoms with Crippen molar-refractivity contribution in [1.82, 2.24) is 15.5 Å². The molecule has 0 aromatic rings. The Labute approximate surface area is 105 Å². The van der Waals surface area contributed by atoms with Crippen molar-refractivity contribution in [2.45, 2.75) is 25.8 Å². The van der Waals surface area contributed by atoms with Crippen LogP contribution in [-0.4, -0.2) is 54.6 Å². The molecule has 1 fully saturated rings. The van der Waals surface area contributed by atoms with Crippen molar-refractivity contribution in [2.75, 3.05) is 19.6 Å². The maximum atomic E-state index is 11.8. The zero-order valence-electron chi connectivity index (χ0n) is 10.3.